The van der Waals surface area contributed by atoms with Crippen LogP contribution in [-0.2, 0) is 12.1 Å². The minimum atomic E-state index is -4.37. The fourth-order valence-electron chi connectivity index (χ4n) is 1.75. The van der Waals surface area contributed by atoms with Gasteiger partial charge in [-0.1, -0.05) is 0 Å². The zero-order chi connectivity index (χ0) is 17.1. The van der Waals surface area contributed by atoms with E-state index in [1.165, 1.54) is 12.3 Å². The van der Waals surface area contributed by atoms with E-state index in [9.17, 15) is 13.2 Å². The molecule has 0 aromatic carbocycles. The number of nitrogens with zero attached hydrogens (tertiary/aromatic N) is 3. The maximum absolute atomic E-state index is 12.0. The molecule has 0 spiro atoms. The zero-order valence-electron chi connectivity index (χ0n) is 13.2. The van der Waals surface area contributed by atoms with E-state index < -0.39 is 12.8 Å². The van der Waals surface area contributed by atoms with Crippen molar-refractivity contribution in [3.05, 3.63) is 36.3 Å². The quantitative estimate of drug-likeness (QED) is 0.911. The number of halogens is 3. The molecule has 0 radical (unpaired) electrons. The van der Waals surface area contributed by atoms with Crippen LogP contribution in [0.2, 0.25) is 0 Å². The van der Waals surface area contributed by atoms with E-state index in [-0.39, 0.29) is 11.4 Å². The number of pyridine rings is 1. The summed E-state index contributed by atoms with van der Waals surface area (Å²) in [6, 6.07) is 3.01. The molecular weight excluding hydrogens is 309 g/mol. The van der Waals surface area contributed by atoms with Gasteiger partial charge in [-0.05, 0) is 26.8 Å². The molecule has 2 rings (SSSR count). The predicted octanol–water partition coefficient (Wildman–Crippen LogP) is 3.59. The van der Waals surface area contributed by atoms with Crippen molar-refractivity contribution in [1.29, 1.82) is 0 Å². The first-order chi connectivity index (χ1) is 10.6. The molecule has 2 aromatic heterocycles. The molecule has 0 saturated carbocycles. The highest BCUT2D eigenvalue weighted by molar-refractivity contribution is 5.42. The molecule has 2 heterocycles. The van der Waals surface area contributed by atoms with E-state index in [2.05, 4.69) is 40.9 Å². The van der Waals surface area contributed by atoms with Crippen molar-refractivity contribution in [3.63, 3.8) is 0 Å². The number of alkyl halides is 3. The summed E-state index contributed by atoms with van der Waals surface area (Å²) in [4.78, 5) is 3.83. The fraction of sp³-hybridized carbons (Fsp3) is 0.467. The Morgan fingerprint density at radius 3 is 2.43 bits per heavy atom. The molecule has 0 fully saturated rings. The molecule has 1 N–H and O–H groups in total. The first kappa shape index (κ1) is 17.1. The number of aromatic nitrogens is 3. The molecule has 0 aliphatic heterocycles. The van der Waals surface area contributed by atoms with E-state index in [4.69, 9.17) is 0 Å². The summed E-state index contributed by atoms with van der Waals surface area (Å²) in [6.07, 6.45) is 0.777. The summed E-state index contributed by atoms with van der Waals surface area (Å²) in [5.41, 5.74) is 1.60. The van der Waals surface area contributed by atoms with Crippen molar-refractivity contribution in [2.75, 3.05) is 11.9 Å². The normalized spacial score (nSPS) is 12.3. The molecule has 0 aliphatic carbocycles. The van der Waals surface area contributed by atoms with Gasteiger partial charge in [-0.2, -0.15) is 18.3 Å². The lowest BCUT2D eigenvalue weighted by molar-refractivity contribution is -0.154. The molecular formula is C15H19F3N4O. The van der Waals surface area contributed by atoms with Gasteiger partial charge < -0.3 is 10.1 Å². The molecule has 0 bridgehead atoms. The van der Waals surface area contributed by atoms with Gasteiger partial charge in [0.2, 0.25) is 5.88 Å². The minimum absolute atomic E-state index is 0.0616. The van der Waals surface area contributed by atoms with Crippen LogP contribution in [0.1, 0.15) is 26.3 Å². The summed E-state index contributed by atoms with van der Waals surface area (Å²) >= 11 is 0. The Kier molecular flexibility index (Phi) is 4.82. The van der Waals surface area contributed by atoms with Crippen molar-refractivity contribution in [2.24, 2.45) is 0 Å². The molecule has 23 heavy (non-hydrogen) atoms. The first-order valence-corrected chi connectivity index (χ1v) is 7.07. The molecule has 0 atom stereocenters. The van der Waals surface area contributed by atoms with E-state index in [1.807, 2.05) is 10.9 Å². The van der Waals surface area contributed by atoms with Crippen LogP contribution in [0.25, 0.3) is 0 Å². The lowest BCUT2D eigenvalue weighted by atomic mass is 10.1. The molecule has 126 valence electrons. The van der Waals surface area contributed by atoms with Gasteiger partial charge in [-0.15, -0.1) is 0 Å². The SMILES string of the molecule is CC(C)(C)n1cc(CNc2ccc(OCC(F)(F)F)nc2)cn1. The number of ether oxygens (including phenoxy) is 1. The Labute approximate surface area is 132 Å². The highest BCUT2D eigenvalue weighted by atomic mass is 19.4. The van der Waals surface area contributed by atoms with Gasteiger partial charge >= 0.3 is 6.18 Å². The van der Waals surface area contributed by atoms with Gasteiger partial charge in [0.15, 0.2) is 6.61 Å². The number of nitrogens with one attached hydrogen (secondary N) is 1. The number of hydrogen-bond acceptors (Lipinski definition) is 4. The van der Waals surface area contributed by atoms with Gasteiger partial charge in [0.1, 0.15) is 0 Å². The Balaban J connectivity index is 1.88. The van der Waals surface area contributed by atoms with Gasteiger partial charge in [-0.25, -0.2) is 4.98 Å². The largest absolute Gasteiger partial charge is 0.468 e. The topological polar surface area (TPSA) is 52.0 Å². The lowest BCUT2D eigenvalue weighted by Crippen LogP contribution is -2.21. The van der Waals surface area contributed by atoms with E-state index >= 15 is 0 Å². The van der Waals surface area contributed by atoms with Crippen LogP contribution in [0, 0.1) is 0 Å². The average molecular weight is 328 g/mol. The van der Waals surface area contributed by atoms with E-state index in [1.54, 1.807) is 12.3 Å². The summed E-state index contributed by atoms with van der Waals surface area (Å²) in [5.74, 6) is -0.0616. The second-order valence-corrected chi connectivity index (χ2v) is 6.11. The van der Waals surface area contributed by atoms with Gasteiger partial charge in [-0.3, -0.25) is 4.68 Å². The third kappa shape index (κ3) is 5.46. The second kappa shape index (κ2) is 6.47. The summed E-state index contributed by atoms with van der Waals surface area (Å²) in [6.45, 7) is 5.36. The smallest absolute Gasteiger partial charge is 0.422 e. The fourth-order valence-corrected chi connectivity index (χ4v) is 1.75. The molecule has 0 amide bonds. The van der Waals surface area contributed by atoms with E-state index in [0.717, 1.165) is 5.56 Å². The summed E-state index contributed by atoms with van der Waals surface area (Å²) in [7, 11) is 0. The van der Waals surface area contributed by atoms with Crippen LogP contribution in [0.3, 0.4) is 0 Å². The van der Waals surface area contributed by atoms with Gasteiger partial charge in [0.25, 0.3) is 0 Å². The van der Waals surface area contributed by atoms with Crippen molar-refractivity contribution in [2.45, 2.75) is 39.0 Å². The third-order valence-corrected chi connectivity index (χ3v) is 2.94. The van der Waals surface area contributed by atoms with Crippen LogP contribution in [-0.4, -0.2) is 27.5 Å². The predicted molar refractivity (Wildman–Crippen MR) is 80.3 cm³/mol. The lowest BCUT2D eigenvalue weighted by Gasteiger charge is -2.18. The Morgan fingerprint density at radius 1 is 1.17 bits per heavy atom. The van der Waals surface area contributed by atoms with Crippen LogP contribution in [0.15, 0.2) is 30.7 Å². The van der Waals surface area contributed by atoms with Crippen LogP contribution in [0.4, 0.5) is 18.9 Å². The maximum atomic E-state index is 12.0. The standard InChI is InChI=1S/C15H19F3N4O/c1-14(2,3)22-9-11(7-21-22)6-19-12-4-5-13(20-8-12)23-10-15(16,17)18/h4-5,7-9,19H,6,10H2,1-3H3. The first-order valence-electron chi connectivity index (χ1n) is 7.07. The molecule has 0 unspecified atom stereocenters. The molecule has 0 aliphatic rings. The minimum Gasteiger partial charge on any atom is -0.468 e. The molecule has 2 aromatic rings. The zero-order valence-corrected chi connectivity index (χ0v) is 13.2. The molecule has 5 nitrogen and oxygen atoms in total. The molecule has 8 heteroatoms. The van der Waals surface area contributed by atoms with Crippen LogP contribution in [0.5, 0.6) is 5.88 Å². The molecule has 0 saturated heterocycles. The Hall–Kier alpha value is -2.25. The summed E-state index contributed by atoms with van der Waals surface area (Å²) in [5, 5.41) is 7.43. The number of hydrogen-bond donors (Lipinski definition) is 1. The monoisotopic (exact) mass is 328 g/mol. The highest BCUT2D eigenvalue weighted by Crippen LogP contribution is 2.18. The van der Waals surface area contributed by atoms with Crippen LogP contribution >= 0.6 is 0 Å². The third-order valence-electron chi connectivity index (χ3n) is 2.94. The highest BCUT2D eigenvalue weighted by Gasteiger charge is 2.28. The van der Waals surface area contributed by atoms with Crippen molar-refractivity contribution >= 4 is 5.69 Å². The summed E-state index contributed by atoms with van der Waals surface area (Å²) < 4.78 is 42.5. The average Bonchev–Trinajstić information content (AvgIpc) is 2.92. The van der Waals surface area contributed by atoms with E-state index in [0.29, 0.717) is 12.2 Å². The Morgan fingerprint density at radius 2 is 1.91 bits per heavy atom. The second-order valence-electron chi connectivity index (χ2n) is 6.11. The number of anilines is 1. The number of rotatable bonds is 5. The Bertz CT molecular complexity index is 629. The van der Waals surface area contributed by atoms with Crippen molar-refractivity contribution in [1.82, 2.24) is 14.8 Å². The van der Waals surface area contributed by atoms with Crippen LogP contribution < -0.4 is 10.1 Å². The van der Waals surface area contributed by atoms with Gasteiger partial charge in [0, 0.05) is 24.4 Å². The van der Waals surface area contributed by atoms with Gasteiger partial charge in [0.05, 0.1) is 23.6 Å². The maximum Gasteiger partial charge on any atom is 0.422 e. The van der Waals surface area contributed by atoms with Crippen molar-refractivity contribution < 1.29 is 17.9 Å². The van der Waals surface area contributed by atoms with Crippen molar-refractivity contribution in [3.8, 4) is 5.88 Å².